The molecule has 1 aromatic heterocycles. The van der Waals surface area contributed by atoms with Gasteiger partial charge in [0.05, 0.1) is 12.6 Å². The van der Waals surface area contributed by atoms with Crippen LogP contribution in [0, 0.1) is 0 Å². The van der Waals surface area contributed by atoms with Crippen LogP contribution in [-0.2, 0) is 6.42 Å². The summed E-state index contributed by atoms with van der Waals surface area (Å²) in [6, 6.07) is 9.62. The Bertz CT molecular complexity index is 929. The molecule has 0 radical (unpaired) electrons. The Kier molecular flexibility index (Phi) is 6.54. The summed E-state index contributed by atoms with van der Waals surface area (Å²) in [6.45, 7) is 10.5. The van der Waals surface area contributed by atoms with Crippen molar-refractivity contribution in [1.29, 1.82) is 0 Å². The zero-order chi connectivity index (χ0) is 21.3. The number of hydrogen-bond acceptors (Lipinski definition) is 5. The zero-order valence-electron chi connectivity index (χ0n) is 18.6. The van der Waals surface area contributed by atoms with E-state index in [1.807, 2.05) is 26.0 Å². The van der Waals surface area contributed by atoms with Crippen molar-refractivity contribution in [1.82, 2.24) is 14.7 Å². The first kappa shape index (κ1) is 21.4. The minimum Gasteiger partial charge on any atom is -0.494 e. The van der Waals surface area contributed by atoms with Gasteiger partial charge in [-0.25, -0.2) is 4.68 Å². The number of benzene rings is 1. The molecular weight excluding hydrogens is 394 g/mol. The van der Waals surface area contributed by atoms with E-state index in [1.165, 1.54) is 12.8 Å². The second-order valence-corrected chi connectivity index (χ2v) is 9.94. The van der Waals surface area contributed by atoms with Crippen LogP contribution in [0.25, 0.3) is 11.3 Å². The van der Waals surface area contributed by atoms with Crippen LogP contribution in [0.3, 0.4) is 0 Å². The van der Waals surface area contributed by atoms with Crippen LogP contribution in [0.1, 0.15) is 58.6 Å². The maximum absolute atomic E-state index is 12.7. The van der Waals surface area contributed by atoms with Crippen LogP contribution in [0.2, 0.25) is 0 Å². The summed E-state index contributed by atoms with van der Waals surface area (Å²) >= 11 is 1.75. The molecular formula is C24H33N3O2S. The molecule has 1 aromatic carbocycles. The third kappa shape index (κ3) is 4.30. The van der Waals surface area contributed by atoms with Gasteiger partial charge in [0.25, 0.3) is 5.56 Å². The summed E-state index contributed by atoms with van der Waals surface area (Å²) in [6.07, 6.45) is 4.49. The monoisotopic (exact) mass is 427 g/mol. The lowest BCUT2D eigenvalue weighted by molar-refractivity contribution is 0.191. The van der Waals surface area contributed by atoms with E-state index in [1.54, 1.807) is 16.4 Å². The van der Waals surface area contributed by atoms with Crippen molar-refractivity contribution >= 4 is 11.8 Å². The molecule has 1 saturated heterocycles. The third-order valence-electron chi connectivity index (χ3n) is 6.34. The van der Waals surface area contributed by atoms with Gasteiger partial charge >= 0.3 is 0 Å². The van der Waals surface area contributed by atoms with E-state index in [-0.39, 0.29) is 11.6 Å². The highest BCUT2D eigenvalue weighted by Crippen LogP contribution is 2.37. The average Bonchev–Trinajstić information content (AvgIpc) is 3.34. The summed E-state index contributed by atoms with van der Waals surface area (Å²) in [5, 5.41) is 4.71. The van der Waals surface area contributed by atoms with Gasteiger partial charge < -0.3 is 4.74 Å². The molecule has 0 unspecified atom stereocenters. The van der Waals surface area contributed by atoms with Crippen LogP contribution in [0.15, 0.2) is 34.0 Å². The molecule has 0 aliphatic carbocycles. The normalized spacial score (nSPS) is 21.4. The van der Waals surface area contributed by atoms with Crippen molar-refractivity contribution in [2.75, 3.05) is 18.9 Å². The summed E-state index contributed by atoms with van der Waals surface area (Å²) in [7, 11) is 0. The Morgan fingerprint density at radius 3 is 2.53 bits per heavy atom. The summed E-state index contributed by atoms with van der Waals surface area (Å²) in [5.41, 5.74) is 2.95. The van der Waals surface area contributed by atoms with Crippen LogP contribution >= 0.6 is 11.8 Å². The van der Waals surface area contributed by atoms with E-state index < -0.39 is 0 Å². The second-order valence-electron chi connectivity index (χ2n) is 8.84. The van der Waals surface area contributed by atoms with E-state index >= 15 is 0 Å². The fourth-order valence-corrected chi connectivity index (χ4v) is 5.75. The van der Waals surface area contributed by atoms with Crippen molar-refractivity contribution in [2.45, 2.75) is 76.4 Å². The fourth-order valence-electron chi connectivity index (χ4n) is 4.58. The van der Waals surface area contributed by atoms with E-state index in [2.05, 4.69) is 30.9 Å². The predicted molar refractivity (Wildman–Crippen MR) is 124 cm³/mol. The van der Waals surface area contributed by atoms with Gasteiger partial charge in [0, 0.05) is 40.4 Å². The van der Waals surface area contributed by atoms with Crippen molar-refractivity contribution < 1.29 is 4.74 Å². The number of fused-ring (bicyclic) bond motifs is 1. The smallest absolute Gasteiger partial charge is 0.271 e. The molecule has 30 heavy (non-hydrogen) atoms. The van der Waals surface area contributed by atoms with Gasteiger partial charge in [0.1, 0.15) is 11.4 Å². The maximum atomic E-state index is 12.7. The number of likely N-dealkylation sites (tertiary alicyclic amines) is 1. The number of thioether (sulfide) groups is 1. The number of aromatic nitrogens is 2. The molecule has 4 rings (SSSR count). The topological polar surface area (TPSA) is 47.4 Å². The number of nitrogens with zero attached hydrogens (tertiary/aromatic N) is 3. The van der Waals surface area contributed by atoms with Crippen molar-refractivity contribution in [3.8, 4) is 17.0 Å². The van der Waals surface area contributed by atoms with E-state index in [0.29, 0.717) is 12.1 Å². The summed E-state index contributed by atoms with van der Waals surface area (Å²) in [5.74, 6) is 1.85. The maximum Gasteiger partial charge on any atom is 0.271 e. The van der Waals surface area contributed by atoms with Gasteiger partial charge in [-0.05, 0) is 77.6 Å². The molecule has 0 spiro atoms. The van der Waals surface area contributed by atoms with Gasteiger partial charge in [-0.1, -0.05) is 0 Å². The van der Waals surface area contributed by atoms with Gasteiger partial charge in [0.2, 0.25) is 0 Å². The largest absolute Gasteiger partial charge is 0.494 e. The summed E-state index contributed by atoms with van der Waals surface area (Å²) < 4.78 is 7.62. The van der Waals surface area contributed by atoms with E-state index in [4.69, 9.17) is 9.84 Å². The minimum absolute atomic E-state index is 0.0517. The van der Waals surface area contributed by atoms with Crippen molar-refractivity contribution in [2.24, 2.45) is 0 Å². The third-order valence-corrected chi connectivity index (χ3v) is 7.48. The molecule has 162 valence electrons. The van der Waals surface area contributed by atoms with Crippen LogP contribution in [0.4, 0.5) is 0 Å². The Morgan fingerprint density at radius 2 is 1.87 bits per heavy atom. The van der Waals surface area contributed by atoms with Crippen LogP contribution in [-0.4, -0.2) is 45.7 Å². The van der Waals surface area contributed by atoms with Crippen LogP contribution in [0.5, 0.6) is 5.75 Å². The predicted octanol–water partition coefficient (Wildman–Crippen LogP) is 4.78. The molecule has 0 N–H and O–H groups in total. The number of rotatable bonds is 7. The first-order valence-corrected chi connectivity index (χ1v) is 12.2. The highest BCUT2D eigenvalue weighted by molar-refractivity contribution is 7.99. The van der Waals surface area contributed by atoms with Crippen LogP contribution < -0.4 is 10.3 Å². The molecule has 2 aliphatic heterocycles. The molecule has 2 aromatic rings. The fraction of sp³-hybridized carbons (Fsp3) is 0.583. The molecule has 0 bridgehead atoms. The quantitative estimate of drug-likeness (QED) is 0.595. The molecule has 5 nitrogen and oxygen atoms in total. The lowest BCUT2D eigenvalue weighted by Gasteiger charge is -2.25. The van der Waals surface area contributed by atoms with Crippen molar-refractivity contribution in [3.05, 3.63) is 40.2 Å². The SMILES string of the molecule is CC(C)n1nc(-c2ccc(OCCCN3[C@H](C)CC[C@H]3C)cc2)c2c(c1=O)CCS2. The number of ether oxygens (including phenoxy) is 1. The molecule has 6 heteroatoms. The number of hydrogen-bond donors (Lipinski definition) is 0. The molecule has 3 heterocycles. The van der Waals surface area contributed by atoms with E-state index in [9.17, 15) is 4.79 Å². The van der Waals surface area contributed by atoms with Crippen molar-refractivity contribution in [3.63, 3.8) is 0 Å². The minimum atomic E-state index is 0.0517. The molecule has 1 fully saturated rings. The molecule has 2 atom stereocenters. The van der Waals surface area contributed by atoms with Gasteiger partial charge in [-0.15, -0.1) is 11.8 Å². The van der Waals surface area contributed by atoms with Gasteiger partial charge in [-0.2, -0.15) is 5.10 Å². The first-order chi connectivity index (χ1) is 14.5. The zero-order valence-corrected chi connectivity index (χ0v) is 19.4. The molecule has 2 aliphatic rings. The van der Waals surface area contributed by atoms with E-state index in [0.717, 1.165) is 59.2 Å². The Balaban J connectivity index is 1.42. The molecule has 0 saturated carbocycles. The Labute approximate surface area is 183 Å². The Hall–Kier alpha value is -1.79. The lowest BCUT2D eigenvalue weighted by Crippen LogP contribution is -2.34. The average molecular weight is 428 g/mol. The summed E-state index contributed by atoms with van der Waals surface area (Å²) in [4.78, 5) is 16.3. The molecule has 0 amide bonds. The Morgan fingerprint density at radius 1 is 1.17 bits per heavy atom. The second kappa shape index (κ2) is 9.15. The first-order valence-electron chi connectivity index (χ1n) is 11.2. The van der Waals surface area contributed by atoms with Gasteiger partial charge in [0.15, 0.2) is 0 Å². The highest BCUT2D eigenvalue weighted by atomic mass is 32.2. The van der Waals surface area contributed by atoms with Gasteiger partial charge in [-0.3, -0.25) is 9.69 Å². The standard InChI is InChI=1S/C24H33N3O2S/c1-16(2)27-24(28)21-12-15-30-23(21)22(25-27)19-8-10-20(11-9-19)29-14-5-13-26-17(3)6-7-18(26)4/h8-11,16-18H,5-7,12-15H2,1-4H3/t17-,18-/m1/s1. The highest BCUT2D eigenvalue weighted by Gasteiger charge is 2.26. The lowest BCUT2D eigenvalue weighted by atomic mass is 10.1.